The summed E-state index contributed by atoms with van der Waals surface area (Å²) in [5, 5.41) is 25.7. The first kappa shape index (κ1) is 10.1. The van der Waals surface area contributed by atoms with Crippen molar-refractivity contribution >= 4 is 5.97 Å². The molecule has 0 radical (unpaired) electrons. The fraction of sp³-hybridized carbons (Fsp3) is 0.571. The van der Waals surface area contributed by atoms with E-state index in [1.165, 1.54) is 0 Å². The first-order valence-corrected chi connectivity index (χ1v) is 3.33. The normalized spacial score (nSPS) is 12.6. The molecule has 0 heterocycles. The first-order valence-electron chi connectivity index (χ1n) is 3.33. The Kier molecular flexibility index (Phi) is 4.49. The number of carboxylic acids is 1. The molecule has 4 nitrogen and oxygen atoms in total. The van der Waals surface area contributed by atoms with Crippen LogP contribution < -0.4 is 0 Å². The second kappa shape index (κ2) is 4.87. The van der Waals surface area contributed by atoms with Gasteiger partial charge < -0.3 is 15.3 Å². The molecule has 0 aromatic rings. The van der Waals surface area contributed by atoms with E-state index in [0.717, 1.165) is 0 Å². The monoisotopic (exact) mass is 160 g/mol. The average molecular weight is 160 g/mol. The lowest BCUT2D eigenvalue weighted by atomic mass is 10.1. The minimum atomic E-state index is -1.17. The lowest BCUT2D eigenvalue weighted by Gasteiger charge is -2.04. The quantitative estimate of drug-likeness (QED) is 0.496. The van der Waals surface area contributed by atoms with Gasteiger partial charge in [0.25, 0.3) is 0 Å². The third-order valence-electron chi connectivity index (χ3n) is 1.46. The van der Waals surface area contributed by atoms with Crippen molar-refractivity contribution in [3.8, 4) is 0 Å². The van der Waals surface area contributed by atoms with E-state index in [1.54, 1.807) is 6.92 Å². The van der Waals surface area contributed by atoms with Gasteiger partial charge in [0.2, 0.25) is 0 Å². The molecule has 4 heteroatoms. The summed E-state index contributed by atoms with van der Waals surface area (Å²) in [7, 11) is 0. The van der Waals surface area contributed by atoms with Crippen molar-refractivity contribution in [2.75, 3.05) is 13.2 Å². The summed E-state index contributed by atoms with van der Waals surface area (Å²) in [6.07, 6.45) is 0.443. The summed E-state index contributed by atoms with van der Waals surface area (Å²) >= 11 is 0. The molecular weight excluding hydrogens is 148 g/mol. The lowest BCUT2D eigenvalue weighted by molar-refractivity contribution is -0.133. The van der Waals surface area contributed by atoms with E-state index in [2.05, 4.69) is 0 Å². The van der Waals surface area contributed by atoms with E-state index in [9.17, 15) is 4.79 Å². The zero-order valence-corrected chi connectivity index (χ0v) is 6.37. The Morgan fingerprint density at radius 1 is 1.27 bits per heavy atom. The molecule has 0 aliphatic carbocycles. The van der Waals surface area contributed by atoms with Crippen molar-refractivity contribution in [1.82, 2.24) is 0 Å². The van der Waals surface area contributed by atoms with Crippen LogP contribution in [0, 0.1) is 0 Å². The maximum atomic E-state index is 10.4. The van der Waals surface area contributed by atoms with Crippen molar-refractivity contribution in [3.63, 3.8) is 0 Å². The Morgan fingerprint density at radius 3 is 1.91 bits per heavy atom. The van der Waals surface area contributed by atoms with Crippen molar-refractivity contribution in [2.24, 2.45) is 0 Å². The Morgan fingerprint density at radius 2 is 1.82 bits per heavy atom. The molecule has 0 aliphatic rings. The summed E-state index contributed by atoms with van der Waals surface area (Å²) in [5.41, 5.74) is 0.273. The second-order valence-corrected chi connectivity index (χ2v) is 2.06. The fourth-order valence-electron chi connectivity index (χ4n) is 0.751. The van der Waals surface area contributed by atoms with Gasteiger partial charge in [-0.15, -0.1) is 0 Å². The molecular formula is C7H12O4. The Hall–Kier alpha value is -0.870. The SMILES string of the molecule is CCC(CO)=C(CO)C(=O)O. The van der Waals surface area contributed by atoms with E-state index in [-0.39, 0.29) is 12.2 Å². The van der Waals surface area contributed by atoms with Crippen molar-refractivity contribution in [3.05, 3.63) is 11.1 Å². The third-order valence-corrected chi connectivity index (χ3v) is 1.46. The predicted molar refractivity (Wildman–Crippen MR) is 39.1 cm³/mol. The number of hydrogen-bond donors (Lipinski definition) is 3. The number of hydrogen-bond acceptors (Lipinski definition) is 3. The molecule has 0 fully saturated rings. The van der Waals surface area contributed by atoms with Crippen LogP contribution in [0.3, 0.4) is 0 Å². The number of carbonyl (C=O) groups is 1. The highest BCUT2D eigenvalue weighted by atomic mass is 16.4. The number of aliphatic carboxylic acids is 1. The van der Waals surface area contributed by atoms with Crippen LogP contribution in [-0.4, -0.2) is 34.5 Å². The van der Waals surface area contributed by atoms with Gasteiger partial charge in [0.15, 0.2) is 0 Å². The lowest BCUT2D eigenvalue weighted by Crippen LogP contribution is -2.10. The minimum absolute atomic E-state index is 0.102. The number of aliphatic hydroxyl groups is 2. The van der Waals surface area contributed by atoms with Gasteiger partial charge in [-0.05, 0) is 12.0 Å². The molecule has 0 unspecified atom stereocenters. The Balaban J connectivity index is 4.62. The van der Waals surface area contributed by atoms with Crippen LogP contribution in [-0.2, 0) is 4.79 Å². The van der Waals surface area contributed by atoms with E-state index >= 15 is 0 Å². The van der Waals surface area contributed by atoms with Crippen LogP contribution in [0.2, 0.25) is 0 Å². The highest BCUT2D eigenvalue weighted by molar-refractivity contribution is 5.87. The third kappa shape index (κ3) is 2.69. The van der Waals surface area contributed by atoms with Gasteiger partial charge in [0.05, 0.1) is 18.8 Å². The van der Waals surface area contributed by atoms with E-state index in [4.69, 9.17) is 15.3 Å². The largest absolute Gasteiger partial charge is 0.478 e. The number of carboxylic acid groups (broad SMARTS) is 1. The van der Waals surface area contributed by atoms with Crippen LogP contribution in [0.1, 0.15) is 13.3 Å². The van der Waals surface area contributed by atoms with E-state index in [0.29, 0.717) is 12.0 Å². The maximum absolute atomic E-state index is 10.4. The van der Waals surface area contributed by atoms with E-state index < -0.39 is 12.6 Å². The zero-order valence-electron chi connectivity index (χ0n) is 6.37. The topological polar surface area (TPSA) is 77.8 Å². The van der Waals surface area contributed by atoms with Crippen molar-refractivity contribution in [2.45, 2.75) is 13.3 Å². The molecule has 0 rings (SSSR count). The smallest absolute Gasteiger partial charge is 0.333 e. The predicted octanol–water partition coefficient (Wildman–Crippen LogP) is -0.238. The highest BCUT2D eigenvalue weighted by Crippen LogP contribution is 2.07. The standard InChI is InChI=1S/C7H12O4/c1-2-5(3-8)6(4-9)7(10)11/h8-9H,2-4H2,1H3,(H,10,11). The van der Waals surface area contributed by atoms with Crippen LogP contribution in [0.5, 0.6) is 0 Å². The van der Waals surface area contributed by atoms with Gasteiger partial charge in [-0.2, -0.15) is 0 Å². The van der Waals surface area contributed by atoms with Crippen LogP contribution in [0.4, 0.5) is 0 Å². The summed E-state index contributed by atoms with van der Waals surface area (Å²) in [6.45, 7) is 0.891. The summed E-state index contributed by atoms with van der Waals surface area (Å²) in [6, 6.07) is 0. The molecule has 0 bridgehead atoms. The molecule has 0 saturated heterocycles. The summed E-state index contributed by atoms with van der Waals surface area (Å²) in [4.78, 5) is 10.4. The van der Waals surface area contributed by atoms with Gasteiger partial charge in [-0.3, -0.25) is 0 Å². The van der Waals surface area contributed by atoms with Gasteiger partial charge in [0, 0.05) is 0 Å². The molecule has 0 atom stereocenters. The summed E-state index contributed by atoms with van der Waals surface area (Å²) in [5.74, 6) is -1.17. The second-order valence-electron chi connectivity index (χ2n) is 2.06. The number of rotatable bonds is 4. The van der Waals surface area contributed by atoms with Gasteiger partial charge in [0.1, 0.15) is 0 Å². The molecule has 0 saturated carbocycles. The van der Waals surface area contributed by atoms with Crippen LogP contribution in [0.15, 0.2) is 11.1 Å². The molecule has 0 aromatic carbocycles. The Labute approximate surface area is 64.8 Å². The van der Waals surface area contributed by atoms with Crippen LogP contribution >= 0.6 is 0 Å². The van der Waals surface area contributed by atoms with Gasteiger partial charge in [-0.1, -0.05) is 6.92 Å². The Bertz CT molecular complexity index is 165. The molecule has 0 aromatic heterocycles. The maximum Gasteiger partial charge on any atom is 0.333 e. The molecule has 11 heavy (non-hydrogen) atoms. The van der Waals surface area contributed by atoms with Crippen molar-refractivity contribution in [1.29, 1.82) is 0 Å². The van der Waals surface area contributed by atoms with Crippen molar-refractivity contribution < 1.29 is 20.1 Å². The molecule has 0 amide bonds. The molecule has 3 N–H and O–H groups in total. The fourth-order valence-corrected chi connectivity index (χ4v) is 0.751. The average Bonchev–Trinajstić information content (AvgIpc) is 1.99. The zero-order chi connectivity index (χ0) is 8.85. The minimum Gasteiger partial charge on any atom is -0.478 e. The molecule has 64 valence electrons. The molecule has 0 spiro atoms. The van der Waals surface area contributed by atoms with Gasteiger partial charge in [-0.25, -0.2) is 4.79 Å². The molecule has 0 aliphatic heterocycles. The van der Waals surface area contributed by atoms with E-state index in [1.807, 2.05) is 0 Å². The summed E-state index contributed by atoms with van der Waals surface area (Å²) < 4.78 is 0. The first-order chi connectivity index (χ1) is 5.17. The van der Waals surface area contributed by atoms with Gasteiger partial charge >= 0.3 is 5.97 Å². The number of aliphatic hydroxyl groups excluding tert-OH is 2. The highest BCUT2D eigenvalue weighted by Gasteiger charge is 2.10. The van der Waals surface area contributed by atoms with Crippen LogP contribution in [0.25, 0.3) is 0 Å².